The van der Waals surface area contributed by atoms with Gasteiger partial charge in [-0.2, -0.15) is 0 Å². The Balaban J connectivity index is -0.000000102. The van der Waals surface area contributed by atoms with Crippen LogP contribution in [0.3, 0.4) is 0 Å². The SMILES string of the molecule is C.C1=CCC=C1.CC(C)(C)C.CC(C)(C)C.[B].c1ccccc1. The van der Waals surface area contributed by atoms with Gasteiger partial charge in [-0.15, -0.1) is 0 Å². The van der Waals surface area contributed by atoms with Gasteiger partial charge in [-0.3, -0.25) is 0 Å². The first-order chi connectivity index (χ1) is 9.50. The highest BCUT2D eigenvalue weighted by Gasteiger charge is 1.96. The minimum absolute atomic E-state index is 0. The van der Waals surface area contributed by atoms with Crippen LogP contribution in [0.15, 0.2) is 60.7 Å². The predicted octanol–water partition coefficient (Wildman–Crippen LogP) is 7.55. The van der Waals surface area contributed by atoms with Crippen LogP contribution in [0.4, 0.5) is 0 Å². The standard InChI is InChI=1S/C6H6.C5H6.2C5H12.CH4.B/c1-2-4-6-5-3-1;1-2-4-5-3-1;2*1-5(2,3)4;;/h1-6H;1-4H,5H2;2*1-4H3;1H4;. The van der Waals surface area contributed by atoms with Crippen LogP contribution in [0.5, 0.6) is 0 Å². The van der Waals surface area contributed by atoms with Gasteiger partial charge in [0.2, 0.25) is 0 Å². The first-order valence-electron chi connectivity index (χ1n) is 7.82. The summed E-state index contributed by atoms with van der Waals surface area (Å²) in [6.07, 6.45) is 9.50. The lowest BCUT2D eigenvalue weighted by Crippen LogP contribution is -1.93. The smallest absolute Gasteiger partial charge is 0 e. The third-order valence-electron chi connectivity index (χ3n) is 1.32. The molecule has 0 bridgehead atoms. The molecule has 1 aromatic carbocycles. The van der Waals surface area contributed by atoms with Crippen LogP contribution in [0.2, 0.25) is 0 Å². The third kappa shape index (κ3) is 76.7. The van der Waals surface area contributed by atoms with E-state index in [2.05, 4.69) is 79.7 Å². The molecular weight excluding hydrogens is 275 g/mol. The molecule has 131 valence electrons. The average molecular weight is 315 g/mol. The molecule has 0 nitrogen and oxygen atoms in total. The molecule has 2 rings (SSSR count). The van der Waals surface area contributed by atoms with Gasteiger partial charge < -0.3 is 0 Å². The topological polar surface area (TPSA) is 0 Å². The fraction of sp³-hybridized carbons (Fsp3) is 0.545. The molecule has 0 fully saturated rings. The lowest BCUT2D eigenvalue weighted by atomic mass is 10.0. The van der Waals surface area contributed by atoms with Crippen LogP contribution in [0.1, 0.15) is 69.2 Å². The van der Waals surface area contributed by atoms with Crippen LogP contribution in [-0.2, 0) is 0 Å². The zero-order chi connectivity index (χ0) is 16.8. The van der Waals surface area contributed by atoms with E-state index in [9.17, 15) is 0 Å². The van der Waals surface area contributed by atoms with Crippen molar-refractivity contribution in [1.82, 2.24) is 0 Å². The van der Waals surface area contributed by atoms with Crippen molar-refractivity contribution >= 4 is 8.41 Å². The Morgan fingerprint density at radius 2 is 0.696 bits per heavy atom. The minimum Gasteiger partial charge on any atom is -0.0808 e. The number of hydrogen-bond acceptors (Lipinski definition) is 0. The fourth-order valence-corrected chi connectivity index (χ4v) is 0.778. The van der Waals surface area contributed by atoms with E-state index < -0.39 is 0 Å². The lowest BCUT2D eigenvalue weighted by Gasteiger charge is -2.05. The normalized spacial score (nSPS) is 11.1. The number of benzene rings is 1. The van der Waals surface area contributed by atoms with Crippen molar-refractivity contribution in [3.05, 3.63) is 60.7 Å². The van der Waals surface area contributed by atoms with Crippen LogP contribution in [0, 0.1) is 10.8 Å². The van der Waals surface area contributed by atoms with Gasteiger partial charge in [-0.25, -0.2) is 0 Å². The van der Waals surface area contributed by atoms with E-state index >= 15 is 0 Å². The van der Waals surface area contributed by atoms with E-state index in [1.54, 1.807) is 0 Å². The van der Waals surface area contributed by atoms with E-state index in [4.69, 9.17) is 0 Å². The highest BCUT2D eigenvalue weighted by molar-refractivity contribution is 5.75. The van der Waals surface area contributed by atoms with E-state index in [1.807, 2.05) is 36.4 Å². The van der Waals surface area contributed by atoms with Gasteiger partial charge in [-0.1, -0.05) is 124 Å². The molecular formula is C22H40B. The molecule has 0 unspecified atom stereocenters. The predicted molar refractivity (Wildman–Crippen MR) is 112 cm³/mol. The van der Waals surface area contributed by atoms with Gasteiger partial charge in [0, 0.05) is 8.41 Å². The average Bonchev–Trinajstić information content (AvgIpc) is 2.85. The molecule has 0 amide bonds. The Morgan fingerprint density at radius 1 is 0.522 bits per heavy atom. The highest BCUT2D eigenvalue weighted by atomic mass is 14.0. The first-order valence-corrected chi connectivity index (χ1v) is 7.82. The van der Waals surface area contributed by atoms with Gasteiger partial charge in [-0.05, 0) is 17.3 Å². The molecule has 0 saturated heterocycles. The molecule has 23 heavy (non-hydrogen) atoms. The molecule has 0 aliphatic heterocycles. The first kappa shape index (κ1) is 29.7. The number of hydrogen-bond donors (Lipinski definition) is 0. The molecule has 1 aliphatic rings. The van der Waals surface area contributed by atoms with Crippen molar-refractivity contribution < 1.29 is 0 Å². The molecule has 0 N–H and O–H groups in total. The number of rotatable bonds is 0. The largest absolute Gasteiger partial charge is 0.0808 e. The summed E-state index contributed by atoms with van der Waals surface area (Å²) in [6.45, 7) is 17.5. The van der Waals surface area contributed by atoms with E-state index in [1.165, 1.54) is 0 Å². The maximum Gasteiger partial charge on any atom is 0 e. The third-order valence-corrected chi connectivity index (χ3v) is 1.32. The number of allylic oxidation sites excluding steroid dienone is 4. The van der Waals surface area contributed by atoms with Gasteiger partial charge in [0.1, 0.15) is 0 Å². The van der Waals surface area contributed by atoms with E-state index in [0.717, 1.165) is 6.42 Å². The van der Waals surface area contributed by atoms with Crippen LogP contribution < -0.4 is 0 Å². The Morgan fingerprint density at radius 3 is 0.783 bits per heavy atom. The Hall–Kier alpha value is -1.24. The summed E-state index contributed by atoms with van der Waals surface area (Å²) in [4.78, 5) is 0. The van der Waals surface area contributed by atoms with E-state index in [0.29, 0.717) is 10.8 Å². The summed E-state index contributed by atoms with van der Waals surface area (Å²) in [6, 6.07) is 12.0. The Labute approximate surface area is 149 Å². The fourth-order valence-electron chi connectivity index (χ4n) is 0.778. The second-order valence-electron chi connectivity index (χ2n) is 8.25. The van der Waals surface area contributed by atoms with Crippen molar-refractivity contribution in [3.63, 3.8) is 0 Å². The highest BCUT2D eigenvalue weighted by Crippen LogP contribution is 2.08. The van der Waals surface area contributed by atoms with Gasteiger partial charge in [0.25, 0.3) is 0 Å². The monoisotopic (exact) mass is 315 g/mol. The molecule has 1 aliphatic carbocycles. The van der Waals surface area contributed by atoms with Crippen molar-refractivity contribution in [2.24, 2.45) is 10.8 Å². The van der Waals surface area contributed by atoms with Crippen LogP contribution >= 0.6 is 0 Å². The summed E-state index contributed by atoms with van der Waals surface area (Å²) in [7, 11) is 0. The summed E-state index contributed by atoms with van der Waals surface area (Å²) in [5.74, 6) is 0. The molecule has 0 saturated carbocycles. The van der Waals surface area contributed by atoms with Crippen molar-refractivity contribution in [3.8, 4) is 0 Å². The van der Waals surface area contributed by atoms with E-state index in [-0.39, 0.29) is 15.8 Å². The second-order valence-corrected chi connectivity index (χ2v) is 8.25. The maximum atomic E-state index is 2.19. The molecule has 0 aromatic heterocycles. The quantitative estimate of drug-likeness (QED) is 0.433. The molecule has 3 radical (unpaired) electrons. The second kappa shape index (κ2) is 17.1. The van der Waals surface area contributed by atoms with Crippen molar-refractivity contribution in [2.45, 2.75) is 69.2 Å². The van der Waals surface area contributed by atoms with Crippen molar-refractivity contribution in [2.75, 3.05) is 0 Å². The molecule has 1 aromatic rings. The molecule has 0 heterocycles. The minimum atomic E-state index is 0. The van der Waals surface area contributed by atoms with Crippen LogP contribution in [-0.4, -0.2) is 8.41 Å². The Bertz CT molecular complexity index is 300. The Kier molecular flexibility index (Phi) is 22.1. The summed E-state index contributed by atoms with van der Waals surface area (Å²) in [5.41, 5.74) is 1.00. The van der Waals surface area contributed by atoms with Crippen LogP contribution in [0.25, 0.3) is 0 Å². The summed E-state index contributed by atoms with van der Waals surface area (Å²) < 4.78 is 0. The summed E-state index contributed by atoms with van der Waals surface area (Å²) >= 11 is 0. The molecule has 0 atom stereocenters. The van der Waals surface area contributed by atoms with Gasteiger partial charge in [0.05, 0.1) is 0 Å². The van der Waals surface area contributed by atoms with Gasteiger partial charge >= 0.3 is 0 Å². The van der Waals surface area contributed by atoms with Crippen molar-refractivity contribution in [1.29, 1.82) is 0 Å². The zero-order valence-corrected chi connectivity index (χ0v) is 16.1. The maximum absolute atomic E-state index is 2.19. The molecule has 0 spiro atoms. The van der Waals surface area contributed by atoms with Gasteiger partial charge in [0.15, 0.2) is 0 Å². The summed E-state index contributed by atoms with van der Waals surface area (Å²) in [5, 5.41) is 0. The zero-order valence-electron chi connectivity index (χ0n) is 16.1. The lowest BCUT2D eigenvalue weighted by molar-refractivity contribution is 0.469. The molecule has 1 heteroatoms.